The third-order valence-corrected chi connectivity index (χ3v) is 5.65. The van der Waals surface area contributed by atoms with Gasteiger partial charge in [0.2, 0.25) is 5.91 Å². The molecule has 0 aliphatic carbocycles. The van der Waals surface area contributed by atoms with Gasteiger partial charge in [-0.15, -0.1) is 11.3 Å². The highest BCUT2D eigenvalue weighted by Crippen LogP contribution is 2.32. The van der Waals surface area contributed by atoms with Crippen molar-refractivity contribution in [1.29, 1.82) is 0 Å². The number of carbonyl (C=O) groups excluding carboxylic acids is 1. The van der Waals surface area contributed by atoms with Crippen LogP contribution in [0.1, 0.15) is 24.4 Å². The van der Waals surface area contributed by atoms with Crippen LogP contribution >= 0.6 is 11.3 Å². The lowest BCUT2D eigenvalue weighted by molar-refractivity contribution is -0.124. The van der Waals surface area contributed by atoms with Gasteiger partial charge in [-0.3, -0.25) is 9.59 Å². The van der Waals surface area contributed by atoms with Crippen molar-refractivity contribution in [2.75, 3.05) is 0 Å². The number of fused-ring (bicyclic) bond motifs is 3. The van der Waals surface area contributed by atoms with Crippen LogP contribution in [-0.2, 0) is 11.3 Å². The minimum absolute atomic E-state index is 0.247. The van der Waals surface area contributed by atoms with Crippen LogP contribution in [0, 0.1) is 6.92 Å². The molecule has 3 heterocycles. The van der Waals surface area contributed by atoms with Crippen LogP contribution in [0.4, 0.5) is 0 Å². The molecule has 0 radical (unpaired) electrons. The fraction of sp³-hybridized carbons (Fsp3) is 0.211. The zero-order valence-electron chi connectivity index (χ0n) is 14.4. The maximum atomic E-state index is 13.0. The largest absolute Gasteiger partial charge is 0.467 e. The number of carbonyl (C=O) groups is 1. The molecule has 4 rings (SSSR count). The Bertz CT molecular complexity index is 1160. The third kappa shape index (κ3) is 2.70. The van der Waals surface area contributed by atoms with Crippen molar-refractivity contribution < 1.29 is 9.21 Å². The summed E-state index contributed by atoms with van der Waals surface area (Å²) < 4.78 is 8.39. The summed E-state index contributed by atoms with van der Waals surface area (Å²) in [6, 6.07) is 10.6. The molecule has 6 nitrogen and oxygen atoms in total. The van der Waals surface area contributed by atoms with E-state index in [9.17, 15) is 9.59 Å². The highest BCUT2D eigenvalue weighted by molar-refractivity contribution is 7.26. The van der Waals surface area contributed by atoms with E-state index < -0.39 is 6.04 Å². The van der Waals surface area contributed by atoms with Crippen LogP contribution in [0.2, 0.25) is 0 Å². The lowest BCUT2D eigenvalue weighted by Gasteiger charge is -2.14. The molecule has 4 aromatic rings. The van der Waals surface area contributed by atoms with E-state index in [1.165, 1.54) is 4.68 Å². The Kier molecular flexibility index (Phi) is 4.08. The molecule has 0 saturated carbocycles. The molecule has 0 fully saturated rings. The summed E-state index contributed by atoms with van der Waals surface area (Å²) >= 11 is 1.55. The summed E-state index contributed by atoms with van der Waals surface area (Å²) in [6.45, 7) is 3.81. The molecule has 26 heavy (non-hydrogen) atoms. The summed E-state index contributed by atoms with van der Waals surface area (Å²) in [5.41, 5.74) is 0.496. The predicted octanol–water partition coefficient (Wildman–Crippen LogP) is 3.39. The Morgan fingerprint density at radius 3 is 2.88 bits per heavy atom. The van der Waals surface area contributed by atoms with Crippen molar-refractivity contribution in [3.63, 3.8) is 0 Å². The number of nitrogens with one attached hydrogen (secondary N) is 1. The van der Waals surface area contributed by atoms with Crippen molar-refractivity contribution in [2.45, 2.75) is 26.4 Å². The van der Waals surface area contributed by atoms with E-state index in [2.05, 4.69) is 10.4 Å². The molecule has 1 amide bonds. The van der Waals surface area contributed by atoms with E-state index in [-0.39, 0.29) is 18.0 Å². The number of thiophene rings is 1. The lowest BCUT2D eigenvalue weighted by Crippen LogP contribution is -2.37. The van der Waals surface area contributed by atoms with E-state index in [0.717, 1.165) is 20.5 Å². The summed E-state index contributed by atoms with van der Waals surface area (Å²) in [4.78, 5) is 25.5. The number of amides is 1. The maximum absolute atomic E-state index is 13.0. The van der Waals surface area contributed by atoms with Gasteiger partial charge in [0.15, 0.2) is 0 Å². The van der Waals surface area contributed by atoms with Gasteiger partial charge < -0.3 is 9.73 Å². The van der Waals surface area contributed by atoms with E-state index >= 15 is 0 Å². The van der Waals surface area contributed by atoms with Gasteiger partial charge in [0.05, 0.1) is 28.6 Å². The number of aryl methyl sites for hydroxylation is 1. The van der Waals surface area contributed by atoms with Crippen LogP contribution in [0.5, 0.6) is 0 Å². The van der Waals surface area contributed by atoms with Crippen LogP contribution < -0.4 is 10.9 Å². The Hall–Kier alpha value is -2.93. The Morgan fingerprint density at radius 1 is 1.31 bits per heavy atom. The smallest absolute Gasteiger partial charge is 0.276 e. The van der Waals surface area contributed by atoms with Crippen molar-refractivity contribution >= 4 is 37.4 Å². The topological polar surface area (TPSA) is 77.1 Å². The molecule has 0 aliphatic heterocycles. The van der Waals surface area contributed by atoms with E-state index in [1.54, 1.807) is 36.7 Å². The first-order valence-electron chi connectivity index (χ1n) is 8.27. The summed E-state index contributed by atoms with van der Waals surface area (Å²) in [5.74, 6) is 0.371. The van der Waals surface area contributed by atoms with E-state index in [0.29, 0.717) is 11.1 Å². The standard InChI is InChI=1S/C19H17N3O3S/c1-11-17-16(14-7-3-4-8-15(14)26-17)19(24)22(21-11)12(2)18(23)20-10-13-6-5-9-25-13/h3-9,12H,10H2,1-2H3,(H,20,23)/t12-/m0/s1. The van der Waals surface area contributed by atoms with Gasteiger partial charge in [-0.05, 0) is 32.0 Å². The number of benzene rings is 1. The van der Waals surface area contributed by atoms with Gasteiger partial charge in [0.1, 0.15) is 11.8 Å². The first kappa shape index (κ1) is 16.5. The highest BCUT2D eigenvalue weighted by atomic mass is 32.1. The van der Waals surface area contributed by atoms with Crippen molar-refractivity contribution in [3.8, 4) is 0 Å². The highest BCUT2D eigenvalue weighted by Gasteiger charge is 2.21. The van der Waals surface area contributed by atoms with Crippen LogP contribution in [0.25, 0.3) is 20.2 Å². The molecule has 0 unspecified atom stereocenters. The molecule has 7 heteroatoms. The molecular weight excluding hydrogens is 350 g/mol. The maximum Gasteiger partial charge on any atom is 0.276 e. The summed E-state index contributed by atoms with van der Waals surface area (Å²) in [7, 11) is 0. The van der Waals surface area contributed by atoms with Gasteiger partial charge in [-0.2, -0.15) is 5.10 Å². The van der Waals surface area contributed by atoms with Gasteiger partial charge in [0.25, 0.3) is 5.56 Å². The molecule has 0 bridgehead atoms. The lowest BCUT2D eigenvalue weighted by atomic mass is 10.2. The zero-order chi connectivity index (χ0) is 18.3. The fourth-order valence-corrected chi connectivity index (χ4v) is 4.12. The van der Waals surface area contributed by atoms with Gasteiger partial charge >= 0.3 is 0 Å². The predicted molar refractivity (Wildman–Crippen MR) is 101 cm³/mol. The van der Waals surface area contributed by atoms with Gasteiger partial charge in [-0.1, -0.05) is 18.2 Å². The van der Waals surface area contributed by atoms with Crippen LogP contribution in [-0.4, -0.2) is 15.7 Å². The minimum Gasteiger partial charge on any atom is -0.467 e. The fourth-order valence-electron chi connectivity index (χ4n) is 2.99. The van der Waals surface area contributed by atoms with Crippen molar-refractivity contribution in [2.24, 2.45) is 0 Å². The number of rotatable bonds is 4. The quantitative estimate of drug-likeness (QED) is 0.600. The number of nitrogens with zero attached hydrogens (tertiary/aromatic N) is 2. The molecule has 1 aromatic carbocycles. The summed E-state index contributed by atoms with van der Waals surface area (Å²) in [6.07, 6.45) is 1.55. The van der Waals surface area contributed by atoms with Crippen LogP contribution in [0.15, 0.2) is 51.9 Å². The molecular formula is C19H17N3O3S. The molecule has 3 aromatic heterocycles. The third-order valence-electron chi connectivity index (χ3n) is 4.37. The normalized spacial score (nSPS) is 12.5. The monoisotopic (exact) mass is 367 g/mol. The second-order valence-electron chi connectivity index (χ2n) is 6.11. The SMILES string of the molecule is Cc1nn([C@@H](C)C(=O)NCc2ccco2)c(=O)c2c1sc1ccccc12. The summed E-state index contributed by atoms with van der Waals surface area (Å²) in [5, 5.41) is 8.70. The van der Waals surface area contributed by atoms with E-state index in [1.807, 2.05) is 31.2 Å². The molecule has 1 atom stereocenters. The Morgan fingerprint density at radius 2 is 2.12 bits per heavy atom. The minimum atomic E-state index is -0.723. The first-order valence-corrected chi connectivity index (χ1v) is 9.08. The molecule has 0 saturated heterocycles. The average Bonchev–Trinajstić information content (AvgIpc) is 3.29. The number of aromatic nitrogens is 2. The second-order valence-corrected chi connectivity index (χ2v) is 7.16. The molecule has 0 aliphatic rings. The molecule has 1 N–H and O–H groups in total. The first-order chi connectivity index (χ1) is 12.6. The second kappa shape index (κ2) is 6.42. The average molecular weight is 367 g/mol. The number of hydrogen-bond donors (Lipinski definition) is 1. The van der Waals surface area contributed by atoms with Gasteiger partial charge in [0, 0.05) is 10.1 Å². The zero-order valence-corrected chi connectivity index (χ0v) is 15.2. The van der Waals surface area contributed by atoms with Crippen molar-refractivity contribution in [1.82, 2.24) is 15.1 Å². The van der Waals surface area contributed by atoms with Gasteiger partial charge in [-0.25, -0.2) is 4.68 Å². The molecule has 0 spiro atoms. The van der Waals surface area contributed by atoms with E-state index in [4.69, 9.17) is 4.42 Å². The van der Waals surface area contributed by atoms with Crippen LogP contribution in [0.3, 0.4) is 0 Å². The number of furan rings is 1. The van der Waals surface area contributed by atoms with Crippen molar-refractivity contribution in [3.05, 3.63) is 64.5 Å². The Balaban J connectivity index is 1.73. The Labute approximate surface area is 153 Å². The molecule has 132 valence electrons. The number of hydrogen-bond acceptors (Lipinski definition) is 5.